The van der Waals surface area contributed by atoms with Crippen molar-refractivity contribution in [2.75, 3.05) is 0 Å². The van der Waals surface area contributed by atoms with Gasteiger partial charge in [-0.2, -0.15) is 0 Å². The molecular weight excluding hydrogens is 803 g/mol. The predicted octanol–water partition coefficient (Wildman–Crippen LogP) is 14.8. The van der Waals surface area contributed by atoms with E-state index >= 15 is 0 Å². The standard InChI is InChI=1S/C61H45N3Si/c1-65(2,3)49-31-32-52-53-38-44(30-33-56(53)61(57(52)39-49)54-28-15-13-26-50(54)51-27-14-16-29-55(51)61)43-24-17-25-45(34-43)59-62-58(42-22-11-6-12-23-42)63-60(64-59)48-36-46(40-18-7-4-8-19-40)35-47(37-48)41-20-9-5-10-21-41/h4-39H,1-3H3/i6D,11D,12D,22D,23D. The van der Waals surface area contributed by atoms with E-state index in [1.54, 1.807) is 0 Å². The van der Waals surface area contributed by atoms with Crippen molar-refractivity contribution in [2.24, 2.45) is 0 Å². The van der Waals surface area contributed by atoms with Gasteiger partial charge in [0.1, 0.15) is 0 Å². The number of fused-ring (bicyclic) bond motifs is 10. The average molecular weight is 853 g/mol. The van der Waals surface area contributed by atoms with Crippen LogP contribution < -0.4 is 5.19 Å². The molecule has 1 aromatic heterocycles. The van der Waals surface area contributed by atoms with Crippen LogP contribution in [0, 0.1) is 0 Å². The van der Waals surface area contributed by atoms with Gasteiger partial charge in [0.25, 0.3) is 0 Å². The first-order valence-electron chi connectivity index (χ1n) is 24.6. The summed E-state index contributed by atoms with van der Waals surface area (Å²) < 4.78 is 43.5. The molecule has 3 nitrogen and oxygen atoms in total. The predicted molar refractivity (Wildman–Crippen MR) is 272 cm³/mol. The van der Waals surface area contributed by atoms with Crippen LogP contribution in [0.2, 0.25) is 19.6 Å². The van der Waals surface area contributed by atoms with Crippen molar-refractivity contribution < 1.29 is 6.85 Å². The number of rotatable bonds is 7. The summed E-state index contributed by atoms with van der Waals surface area (Å²) in [5, 5.41) is 1.43. The van der Waals surface area contributed by atoms with Crippen LogP contribution in [0.1, 0.15) is 29.1 Å². The molecule has 12 rings (SSSR count). The average Bonchev–Trinajstić information content (AvgIpc) is 3.86. The highest BCUT2D eigenvalue weighted by atomic mass is 28.3. The molecule has 1 heterocycles. The van der Waals surface area contributed by atoms with Crippen LogP contribution in [-0.4, -0.2) is 23.0 Å². The molecule has 2 aliphatic rings. The quantitative estimate of drug-likeness (QED) is 0.150. The zero-order chi connectivity index (χ0) is 48.1. The maximum absolute atomic E-state index is 8.99. The summed E-state index contributed by atoms with van der Waals surface area (Å²) in [7, 11) is -1.70. The zero-order valence-corrected chi connectivity index (χ0v) is 37.2. The van der Waals surface area contributed by atoms with E-state index in [1.807, 2.05) is 60.7 Å². The van der Waals surface area contributed by atoms with Crippen LogP contribution in [0.3, 0.4) is 0 Å². The maximum atomic E-state index is 8.99. The topological polar surface area (TPSA) is 38.7 Å². The van der Waals surface area contributed by atoms with Gasteiger partial charge in [-0.15, -0.1) is 0 Å². The number of hydrogen-bond donors (Lipinski definition) is 0. The van der Waals surface area contributed by atoms with Gasteiger partial charge in [0.15, 0.2) is 17.5 Å². The van der Waals surface area contributed by atoms with Crippen LogP contribution in [0.25, 0.3) is 89.8 Å². The molecule has 0 bridgehead atoms. The first kappa shape index (κ1) is 33.7. The fourth-order valence-corrected chi connectivity index (χ4v) is 11.2. The number of aromatic nitrogens is 3. The van der Waals surface area contributed by atoms with E-state index in [0.29, 0.717) is 22.8 Å². The fraction of sp³-hybridized carbons (Fsp3) is 0.0656. The highest BCUT2D eigenvalue weighted by Crippen LogP contribution is 2.63. The summed E-state index contributed by atoms with van der Waals surface area (Å²) in [5.74, 6) is 0.605. The van der Waals surface area contributed by atoms with Crippen molar-refractivity contribution in [3.8, 4) is 89.8 Å². The molecule has 9 aromatic carbocycles. The molecule has 0 atom stereocenters. The second-order valence-corrected chi connectivity index (χ2v) is 23.1. The van der Waals surface area contributed by atoms with Gasteiger partial charge in [-0.05, 0) is 108 Å². The van der Waals surface area contributed by atoms with E-state index in [2.05, 4.69) is 147 Å². The second-order valence-electron chi connectivity index (χ2n) is 18.0. The molecule has 0 saturated carbocycles. The Labute approximate surface area is 388 Å². The summed E-state index contributed by atoms with van der Waals surface area (Å²) in [6.07, 6.45) is 0. The summed E-state index contributed by atoms with van der Waals surface area (Å²) >= 11 is 0. The highest BCUT2D eigenvalue weighted by molar-refractivity contribution is 6.88. The van der Waals surface area contributed by atoms with Crippen LogP contribution in [0.4, 0.5) is 0 Å². The maximum Gasteiger partial charge on any atom is 0.164 e. The molecule has 0 unspecified atom stereocenters. The van der Waals surface area contributed by atoms with E-state index in [4.69, 9.17) is 21.8 Å². The molecule has 308 valence electrons. The largest absolute Gasteiger partial charge is 0.208 e. The molecule has 4 heteroatoms. The minimum absolute atomic E-state index is 0.0111. The molecule has 1 spiro atoms. The van der Waals surface area contributed by atoms with E-state index in [0.717, 1.165) is 33.4 Å². The van der Waals surface area contributed by atoms with E-state index in [-0.39, 0.29) is 23.5 Å². The summed E-state index contributed by atoms with van der Waals surface area (Å²) in [5.41, 5.74) is 16.9. The van der Waals surface area contributed by atoms with Gasteiger partial charge in [-0.25, -0.2) is 15.0 Å². The molecule has 0 radical (unpaired) electrons. The van der Waals surface area contributed by atoms with Crippen molar-refractivity contribution in [1.29, 1.82) is 0 Å². The van der Waals surface area contributed by atoms with Gasteiger partial charge in [0, 0.05) is 16.7 Å². The Morgan fingerprint density at radius 2 is 0.815 bits per heavy atom. The van der Waals surface area contributed by atoms with Crippen molar-refractivity contribution in [1.82, 2.24) is 15.0 Å². The third-order valence-electron chi connectivity index (χ3n) is 13.2. The Kier molecular flexibility index (Phi) is 7.88. The van der Waals surface area contributed by atoms with Gasteiger partial charge in [0.05, 0.1) is 20.3 Å². The summed E-state index contributed by atoms with van der Waals surface area (Å²) in [6, 6.07) is 64.3. The van der Waals surface area contributed by atoms with Crippen molar-refractivity contribution in [2.45, 2.75) is 25.1 Å². The number of hydrogen-bond acceptors (Lipinski definition) is 3. The number of benzene rings is 9. The van der Waals surface area contributed by atoms with Crippen LogP contribution in [0.5, 0.6) is 0 Å². The lowest BCUT2D eigenvalue weighted by molar-refractivity contribution is 0.794. The Morgan fingerprint density at radius 3 is 1.45 bits per heavy atom. The molecule has 0 fully saturated rings. The van der Waals surface area contributed by atoms with Gasteiger partial charge in [0.2, 0.25) is 0 Å². The minimum atomic E-state index is -1.70. The van der Waals surface area contributed by atoms with Crippen LogP contribution >= 0.6 is 0 Å². The van der Waals surface area contributed by atoms with Crippen LogP contribution in [-0.2, 0) is 5.41 Å². The first-order chi connectivity index (χ1) is 33.9. The monoisotopic (exact) mass is 852 g/mol. The Hall–Kier alpha value is -7.79. The van der Waals surface area contributed by atoms with Gasteiger partial charge < -0.3 is 0 Å². The Bertz CT molecular complexity index is 3640. The van der Waals surface area contributed by atoms with Crippen LogP contribution in [0.15, 0.2) is 218 Å². The second kappa shape index (κ2) is 15.2. The van der Waals surface area contributed by atoms with Gasteiger partial charge in [-0.1, -0.05) is 213 Å². The summed E-state index contributed by atoms with van der Waals surface area (Å²) in [4.78, 5) is 15.1. The van der Waals surface area contributed by atoms with E-state index in [9.17, 15) is 0 Å². The fourth-order valence-electron chi connectivity index (χ4n) is 10.1. The molecule has 10 aromatic rings. The molecule has 0 saturated heterocycles. The smallest absolute Gasteiger partial charge is 0.164 e. The molecule has 2 aliphatic carbocycles. The molecule has 0 aliphatic heterocycles. The number of nitrogens with zero attached hydrogens (tertiary/aromatic N) is 3. The lowest BCUT2D eigenvalue weighted by Crippen LogP contribution is -2.38. The third-order valence-corrected chi connectivity index (χ3v) is 15.2. The molecule has 0 N–H and O–H groups in total. The summed E-state index contributed by atoms with van der Waals surface area (Å²) in [6.45, 7) is 7.24. The zero-order valence-electron chi connectivity index (χ0n) is 41.2. The van der Waals surface area contributed by atoms with Gasteiger partial charge in [-0.3, -0.25) is 0 Å². The Morgan fingerprint density at radius 1 is 0.338 bits per heavy atom. The van der Waals surface area contributed by atoms with E-state index < -0.39 is 31.6 Å². The third kappa shape index (κ3) is 6.43. The SMILES string of the molecule is [2H]c1c([2H])c([2H])c(-c2nc(-c3cccc(-c4ccc5c(c4)-c4ccc([Si](C)(C)C)cc4C54c5ccccc5-c5ccccc54)c3)nc(-c3cc(-c4ccccc4)cc(-c4ccccc4)c3)n2)c([2H])c1[2H]. The normalized spacial score (nSPS) is 14.0. The van der Waals surface area contributed by atoms with Gasteiger partial charge >= 0.3 is 0 Å². The van der Waals surface area contributed by atoms with Crippen molar-refractivity contribution >= 4 is 13.3 Å². The van der Waals surface area contributed by atoms with E-state index in [1.165, 1.54) is 49.7 Å². The Balaban J connectivity index is 1.05. The highest BCUT2D eigenvalue weighted by Gasteiger charge is 2.51. The molecule has 65 heavy (non-hydrogen) atoms. The molecular formula is C61H45N3Si. The van der Waals surface area contributed by atoms with Crippen molar-refractivity contribution in [3.05, 3.63) is 241 Å². The molecule has 0 amide bonds. The van der Waals surface area contributed by atoms with Crippen molar-refractivity contribution in [3.63, 3.8) is 0 Å². The first-order valence-corrected chi connectivity index (χ1v) is 25.6. The minimum Gasteiger partial charge on any atom is -0.208 e. The lowest BCUT2D eigenvalue weighted by Gasteiger charge is -2.31. The lowest BCUT2D eigenvalue weighted by atomic mass is 9.70.